The van der Waals surface area contributed by atoms with E-state index >= 15 is 0 Å². The topological polar surface area (TPSA) is 65.4 Å². The Labute approximate surface area is 199 Å². The van der Waals surface area contributed by atoms with Gasteiger partial charge in [-0.15, -0.1) is 0 Å². The Hall–Kier alpha value is -2.77. The number of rotatable bonds is 8. The van der Waals surface area contributed by atoms with Crippen molar-refractivity contribution in [1.82, 2.24) is 9.55 Å². The second-order valence-corrected chi connectivity index (χ2v) is 9.48. The van der Waals surface area contributed by atoms with Crippen LogP contribution in [0, 0.1) is 20.8 Å². The quantitative estimate of drug-likeness (QED) is 0.447. The van der Waals surface area contributed by atoms with Gasteiger partial charge in [-0.3, -0.25) is 4.79 Å². The Morgan fingerprint density at radius 3 is 2.73 bits per heavy atom. The van der Waals surface area contributed by atoms with E-state index in [0.717, 1.165) is 53.7 Å². The number of methoxy groups -OCH3 is 1. The first-order valence-electron chi connectivity index (χ1n) is 11.3. The molecule has 7 heteroatoms. The third kappa shape index (κ3) is 5.42. The van der Waals surface area contributed by atoms with Crippen molar-refractivity contribution >= 4 is 23.4 Å². The smallest absolute Gasteiger partial charge is 0.242 e. The number of hydrogen-bond acceptors (Lipinski definition) is 5. The van der Waals surface area contributed by atoms with Crippen LogP contribution in [0.5, 0.6) is 5.75 Å². The van der Waals surface area contributed by atoms with Crippen LogP contribution in [-0.4, -0.2) is 35.3 Å². The van der Waals surface area contributed by atoms with E-state index in [4.69, 9.17) is 14.5 Å². The van der Waals surface area contributed by atoms with E-state index in [1.807, 2.05) is 62.4 Å². The highest BCUT2D eigenvalue weighted by atomic mass is 32.2. The molecular formula is C26H31N3O3S. The van der Waals surface area contributed by atoms with Gasteiger partial charge in [-0.25, -0.2) is 4.98 Å². The van der Waals surface area contributed by atoms with E-state index in [0.29, 0.717) is 11.4 Å². The van der Waals surface area contributed by atoms with E-state index in [9.17, 15) is 4.79 Å². The number of nitrogens with zero attached hydrogens (tertiary/aromatic N) is 2. The van der Waals surface area contributed by atoms with Crippen molar-refractivity contribution in [2.75, 3.05) is 19.0 Å². The summed E-state index contributed by atoms with van der Waals surface area (Å²) in [5.41, 5.74) is 4.73. The van der Waals surface area contributed by atoms with Crippen LogP contribution in [0.1, 0.15) is 40.6 Å². The van der Waals surface area contributed by atoms with Gasteiger partial charge in [-0.1, -0.05) is 48.2 Å². The second-order valence-electron chi connectivity index (χ2n) is 8.41. The van der Waals surface area contributed by atoms with Gasteiger partial charge in [0.2, 0.25) is 5.91 Å². The van der Waals surface area contributed by atoms with Gasteiger partial charge in [0.25, 0.3) is 0 Å². The van der Waals surface area contributed by atoms with Crippen molar-refractivity contribution in [3.63, 3.8) is 0 Å². The summed E-state index contributed by atoms with van der Waals surface area (Å²) in [6.45, 7) is 7.65. The number of nitrogens with one attached hydrogen (secondary N) is 1. The highest BCUT2D eigenvalue weighted by molar-refractivity contribution is 8.00. The predicted octanol–water partition coefficient (Wildman–Crippen LogP) is 5.47. The molecule has 0 unspecified atom stereocenters. The normalized spacial score (nSPS) is 16.5. The summed E-state index contributed by atoms with van der Waals surface area (Å²) < 4.78 is 13.5. The van der Waals surface area contributed by atoms with Gasteiger partial charge in [0.05, 0.1) is 31.1 Å². The molecule has 1 N–H and O–H groups in total. The molecule has 0 bridgehead atoms. The zero-order chi connectivity index (χ0) is 23.4. The molecule has 2 atom stereocenters. The maximum atomic E-state index is 13.6. The van der Waals surface area contributed by atoms with Gasteiger partial charge in [0.1, 0.15) is 11.0 Å². The number of carbonyl (C=O) groups is 1. The Morgan fingerprint density at radius 2 is 2.03 bits per heavy atom. The molecule has 1 aromatic heterocycles. The average molecular weight is 466 g/mol. The van der Waals surface area contributed by atoms with Crippen LogP contribution >= 0.6 is 11.8 Å². The fourth-order valence-electron chi connectivity index (χ4n) is 4.04. The highest BCUT2D eigenvalue weighted by Crippen LogP contribution is 2.38. The van der Waals surface area contributed by atoms with Gasteiger partial charge in [0.15, 0.2) is 5.16 Å². The van der Waals surface area contributed by atoms with E-state index in [1.54, 1.807) is 7.11 Å². The molecule has 1 aliphatic heterocycles. The number of aromatic nitrogens is 2. The molecule has 0 saturated carbocycles. The Bertz CT molecular complexity index is 1110. The molecule has 1 saturated heterocycles. The lowest BCUT2D eigenvalue weighted by Crippen LogP contribution is -2.21. The molecule has 0 spiro atoms. The summed E-state index contributed by atoms with van der Waals surface area (Å²) in [7, 11) is 1.61. The molecule has 1 aliphatic rings. The van der Waals surface area contributed by atoms with Crippen molar-refractivity contribution in [2.24, 2.45) is 0 Å². The molecule has 4 rings (SSSR count). The van der Waals surface area contributed by atoms with Gasteiger partial charge < -0.3 is 19.4 Å². The minimum absolute atomic E-state index is 0.114. The molecule has 6 nitrogen and oxygen atoms in total. The van der Waals surface area contributed by atoms with E-state index in [-0.39, 0.29) is 12.0 Å². The molecule has 1 fully saturated rings. The second kappa shape index (κ2) is 10.4. The number of amides is 1. The zero-order valence-corrected chi connectivity index (χ0v) is 20.4. The maximum absolute atomic E-state index is 13.6. The van der Waals surface area contributed by atoms with Crippen LogP contribution in [0.3, 0.4) is 0 Å². The van der Waals surface area contributed by atoms with Crippen LogP contribution in [0.4, 0.5) is 5.69 Å². The largest absolute Gasteiger partial charge is 0.495 e. The summed E-state index contributed by atoms with van der Waals surface area (Å²) in [6.07, 6.45) is 2.33. The fraction of sp³-hybridized carbons (Fsp3) is 0.385. The average Bonchev–Trinajstić information content (AvgIpc) is 3.42. The van der Waals surface area contributed by atoms with Crippen molar-refractivity contribution in [3.05, 3.63) is 71.0 Å². The number of hydrogen-bond donors (Lipinski definition) is 1. The van der Waals surface area contributed by atoms with Crippen molar-refractivity contribution in [1.29, 1.82) is 0 Å². The SMILES string of the molecule is COc1ccc(C)cc1NC(=O)[C@H](Sc1nc(C)c(C)n1C[C@@H]1CCCO1)c1ccccc1. The predicted molar refractivity (Wildman–Crippen MR) is 132 cm³/mol. The Balaban J connectivity index is 1.65. The van der Waals surface area contributed by atoms with Crippen molar-refractivity contribution in [2.45, 2.75) is 56.7 Å². The van der Waals surface area contributed by atoms with Crippen LogP contribution in [-0.2, 0) is 16.1 Å². The highest BCUT2D eigenvalue weighted by Gasteiger charge is 2.27. The maximum Gasteiger partial charge on any atom is 0.242 e. The van der Waals surface area contributed by atoms with Crippen molar-refractivity contribution < 1.29 is 14.3 Å². The number of aryl methyl sites for hydroxylation is 2. The molecule has 0 aliphatic carbocycles. The first-order valence-corrected chi connectivity index (χ1v) is 12.2. The molecule has 3 aromatic rings. The minimum Gasteiger partial charge on any atom is -0.495 e. The molecule has 33 heavy (non-hydrogen) atoms. The van der Waals surface area contributed by atoms with Gasteiger partial charge >= 0.3 is 0 Å². The number of carbonyl (C=O) groups excluding carboxylic acids is 1. The molecule has 174 valence electrons. The third-order valence-corrected chi connectivity index (χ3v) is 7.25. The number of benzene rings is 2. The molecule has 2 aromatic carbocycles. The van der Waals surface area contributed by atoms with Crippen LogP contribution in [0.15, 0.2) is 53.7 Å². The molecule has 1 amide bonds. The minimum atomic E-state index is -0.471. The molecule has 0 radical (unpaired) electrons. The summed E-state index contributed by atoms with van der Waals surface area (Å²) in [5, 5.41) is 3.45. The van der Waals surface area contributed by atoms with E-state index in [1.165, 1.54) is 11.8 Å². The first-order chi connectivity index (χ1) is 16.0. The lowest BCUT2D eigenvalue weighted by atomic mass is 10.1. The molecular weight excluding hydrogens is 434 g/mol. The number of imidazole rings is 1. The van der Waals surface area contributed by atoms with Crippen LogP contribution in [0.2, 0.25) is 0 Å². The standard InChI is InChI=1S/C26H31N3O3S/c1-17-12-13-23(31-4)22(15-17)28-25(30)24(20-9-6-5-7-10-20)33-26-27-18(2)19(3)29(26)16-21-11-8-14-32-21/h5-7,9-10,12-13,15,21,24H,8,11,14,16H2,1-4H3,(H,28,30)/t21-,24+/m0/s1. The lowest BCUT2D eigenvalue weighted by Gasteiger charge is -2.20. The number of thioether (sulfide) groups is 1. The summed E-state index contributed by atoms with van der Waals surface area (Å²) in [4.78, 5) is 18.4. The lowest BCUT2D eigenvalue weighted by molar-refractivity contribution is -0.115. The zero-order valence-electron chi connectivity index (χ0n) is 19.6. The Kier molecular flexibility index (Phi) is 7.40. The molecule has 2 heterocycles. The Morgan fingerprint density at radius 1 is 1.24 bits per heavy atom. The van der Waals surface area contributed by atoms with Gasteiger partial charge in [0, 0.05) is 12.3 Å². The van der Waals surface area contributed by atoms with Gasteiger partial charge in [-0.05, 0) is 56.9 Å². The van der Waals surface area contributed by atoms with Crippen molar-refractivity contribution in [3.8, 4) is 5.75 Å². The van der Waals surface area contributed by atoms with E-state index < -0.39 is 5.25 Å². The number of ether oxygens (including phenoxy) is 2. The monoisotopic (exact) mass is 465 g/mol. The van der Waals surface area contributed by atoms with E-state index in [2.05, 4.69) is 16.8 Å². The number of anilines is 1. The third-order valence-electron chi connectivity index (χ3n) is 6.01. The van der Waals surface area contributed by atoms with Crippen LogP contribution in [0.25, 0.3) is 0 Å². The summed E-state index contributed by atoms with van der Waals surface area (Å²) in [5.74, 6) is 0.523. The summed E-state index contributed by atoms with van der Waals surface area (Å²) >= 11 is 1.48. The van der Waals surface area contributed by atoms with Gasteiger partial charge in [-0.2, -0.15) is 0 Å². The van der Waals surface area contributed by atoms with Crippen LogP contribution < -0.4 is 10.1 Å². The first kappa shape index (κ1) is 23.4. The fourth-order valence-corrected chi connectivity index (χ4v) is 5.24. The summed E-state index contributed by atoms with van der Waals surface area (Å²) in [6, 6.07) is 15.6.